The lowest BCUT2D eigenvalue weighted by Crippen LogP contribution is -2.10. The molecule has 0 aliphatic heterocycles. The summed E-state index contributed by atoms with van der Waals surface area (Å²) < 4.78 is 12.8. The second kappa shape index (κ2) is 12.1. The molecule has 0 saturated heterocycles. The first kappa shape index (κ1) is 29.3. The second-order valence-electron chi connectivity index (χ2n) is 13.2. The van der Waals surface area contributed by atoms with Crippen molar-refractivity contribution in [3.8, 4) is 22.3 Å². The average molecular weight is 656 g/mol. The molecule has 0 N–H and O–H groups in total. The van der Waals surface area contributed by atoms with Gasteiger partial charge in [0, 0.05) is 50.3 Å². The second-order valence-corrected chi connectivity index (χ2v) is 13.2. The molecule has 0 radical (unpaired) electrons. The van der Waals surface area contributed by atoms with Gasteiger partial charge in [-0.3, -0.25) is 0 Å². The van der Waals surface area contributed by atoms with E-state index in [1.54, 1.807) is 0 Å². The highest BCUT2D eigenvalue weighted by Crippen LogP contribution is 2.43. The largest absolute Gasteiger partial charge is 0.460 e. The van der Waals surface area contributed by atoms with Gasteiger partial charge in [-0.25, -0.2) is 0 Å². The van der Waals surface area contributed by atoms with Gasteiger partial charge in [-0.05, 0) is 77.2 Å². The molecular formula is C48H33NO2. The highest BCUT2D eigenvalue weighted by molar-refractivity contribution is 6.09. The Morgan fingerprint density at radius 1 is 0.451 bits per heavy atom. The lowest BCUT2D eigenvalue weighted by atomic mass is 9.86. The fourth-order valence-corrected chi connectivity index (χ4v) is 7.73. The van der Waals surface area contributed by atoms with Crippen molar-refractivity contribution >= 4 is 56.0 Å². The van der Waals surface area contributed by atoms with Crippen molar-refractivity contribution in [2.45, 2.75) is 12.3 Å². The number of fused-ring (bicyclic) bond motifs is 6. The fourth-order valence-electron chi connectivity index (χ4n) is 7.73. The molecular weight excluding hydrogens is 623 g/mol. The number of hydrogen-bond donors (Lipinski definition) is 0. The van der Waals surface area contributed by atoms with Crippen LogP contribution in [0.25, 0.3) is 61.2 Å². The van der Waals surface area contributed by atoms with Gasteiger partial charge >= 0.3 is 0 Å². The lowest BCUT2D eigenvalue weighted by Gasteiger charge is -2.27. The molecule has 2 aromatic heterocycles. The van der Waals surface area contributed by atoms with E-state index in [1.807, 2.05) is 18.2 Å². The van der Waals surface area contributed by atoms with Gasteiger partial charge in [0.1, 0.15) is 22.5 Å². The summed E-state index contributed by atoms with van der Waals surface area (Å²) in [6.07, 6.45) is 5.40. The number of benzene rings is 7. The van der Waals surface area contributed by atoms with E-state index in [9.17, 15) is 0 Å². The molecule has 0 amide bonds. The highest BCUT2D eigenvalue weighted by Gasteiger charge is 2.25. The van der Waals surface area contributed by atoms with Crippen molar-refractivity contribution in [3.05, 3.63) is 193 Å². The van der Waals surface area contributed by atoms with Gasteiger partial charge in [-0.15, -0.1) is 0 Å². The molecule has 2 heterocycles. The number of para-hydroxylation sites is 3. The summed E-state index contributed by atoms with van der Waals surface area (Å²) in [5.41, 5.74) is 13.1. The number of hydrogen-bond acceptors (Lipinski definition) is 3. The van der Waals surface area contributed by atoms with Crippen molar-refractivity contribution in [2.75, 3.05) is 4.90 Å². The maximum Gasteiger partial charge on any atom is 0.143 e. The molecule has 0 fully saturated rings. The van der Waals surface area contributed by atoms with Crippen molar-refractivity contribution in [1.82, 2.24) is 0 Å². The number of anilines is 3. The minimum absolute atomic E-state index is 0.172. The number of nitrogens with zero attached hydrogens (tertiary/aromatic N) is 1. The Morgan fingerprint density at radius 2 is 1.02 bits per heavy atom. The molecule has 0 saturated carbocycles. The zero-order chi connectivity index (χ0) is 33.7. The Morgan fingerprint density at radius 3 is 1.75 bits per heavy atom. The first-order chi connectivity index (χ1) is 25.3. The van der Waals surface area contributed by atoms with E-state index in [-0.39, 0.29) is 5.92 Å². The van der Waals surface area contributed by atoms with Gasteiger partial charge in [0.15, 0.2) is 0 Å². The SMILES string of the molecule is C1=Cc2c(oc3ccccc23)C(c2ccc(N(c3ccc(-c4ccccc4)cc3)c3ccc(-c4cccc5c4oc4ccccc45)cc3)cc2)C1. The van der Waals surface area contributed by atoms with Gasteiger partial charge in [0.05, 0.1) is 0 Å². The molecule has 3 heteroatoms. The molecule has 1 aliphatic rings. The molecule has 3 nitrogen and oxygen atoms in total. The van der Waals surface area contributed by atoms with Crippen LogP contribution in [-0.2, 0) is 0 Å². The minimum atomic E-state index is 0.172. The van der Waals surface area contributed by atoms with E-state index >= 15 is 0 Å². The van der Waals surface area contributed by atoms with Crippen LogP contribution in [0, 0.1) is 0 Å². The quantitative estimate of drug-likeness (QED) is 0.179. The first-order valence-corrected chi connectivity index (χ1v) is 17.5. The normalized spacial score (nSPS) is 13.9. The van der Waals surface area contributed by atoms with Gasteiger partial charge in [-0.2, -0.15) is 0 Å². The zero-order valence-electron chi connectivity index (χ0n) is 27.9. The molecule has 1 unspecified atom stereocenters. The molecule has 0 bridgehead atoms. The van der Waals surface area contributed by atoms with E-state index in [1.165, 1.54) is 27.6 Å². The van der Waals surface area contributed by atoms with Gasteiger partial charge in [-0.1, -0.05) is 133 Å². The molecule has 7 aromatic carbocycles. The van der Waals surface area contributed by atoms with E-state index in [4.69, 9.17) is 8.83 Å². The third kappa shape index (κ3) is 5.05. The summed E-state index contributed by atoms with van der Waals surface area (Å²) in [5.74, 6) is 1.22. The molecule has 10 rings (SSSR count). The van der Waals surface area contributed by atoms with Crippen molar-refractivity contribution in [2.24, 2.45) is 0 Å². The van der Waals surface area contributed by atoms with Crippen LogP contribution < -0.4 is 4.90 Å². The predicted molar refractivity (Wildman–Crippen MR) is 211 cm³/mol. The topological polar surface area (TPSA) is 29.5 Å². The first-order valence-electron chi connectivity index (χ1n) is 17.5. The Bertz CT molecular complexity index is 2700. The number of allylic oxidation sites excluding steroid dienone is 1. The van der Waals surface area contributed by atoms with Crippen LogP contribution in [0.1, 0.15) is 29.2 Å². The molecule has 9 aromatic rings. The monoisotopic (exact) mass is 655 g/mol. The summed E-state index contributed by atoms with van der Waals surface area (Å²) >= 11 is 0. The Kier molecular flexibility index (Phi) is 6.95. The summed E-state index contributed by atoms with van der Waals surface area (Å²) in [6.45, 7) is 0. The van der Waals surface area contributed by atoms with Crippen LogP contribution >= 0.6 is 0 Å². The maximum atomic E-state index is 6.44. The molecule has 1 aliphatic carbocycles. The molecule has 0 spiro atoms. The van der Waals surface area contributed by atoms with E-state index in [0.717, 1.165) is 67.9 Å². The van der Waals surface area contributed by atoms with E-state index < -0.39 is 0 Å². The van der Waals surface area contributed by atoms with Crippen molar-refractivity contribution in [3.63, 3.8) is 0 Å². The van der Waals surface area contributed by atoms with E-state index in [2.05, 4.69) is 169 Å². The fraction of sp³-hybridized carbons (Fsp3) is 0.0417. The Hall–Kier alpha value is -6.58. The Balaban J connectivity index is 1.03. The van der Waals surface area contributed by atoms with Crippen LogP contribution in [0.3, 0.4) is 0 Å². The standard InChI is InChI=1S/C48H33NO2/c1-2-10-32(11-3-1)33-20-26-36(27-21-33)49(37-28-22-34(23-29-37)39-14-8-16-43-41-12-4-6-18-45(41)50-47(39)43)38-30-24-35(25-31-38)40-15-9-17-44-42-13-5-7-19-46(42)51-48(40)44/h1-14,16-31,40H,15H2. The van der Waals surface area contributed by atoms with Crippen molar-refractivity contribution < 1.29 is 8.83 Å². The predicted octanol–water partition coefficient (Wildman–Crippen LogP) is 13.7. The van der Waals surface area contributed by atoms with Gasteiger partial charge in [0.2, 0.25) is 0 Å². The summed E-state index contributed by atoms with van der Waals surface area (Å²) in [4.78, 5) is 2.33. The third-order valence-electron chi connectivity index (χ3n) is 10.3. The summed E-state index contributed by atoms with van der Waals surface area (Å²) in [5, 5.41) is 3.45. The molecule has 51 heavy (non-hydrogen) atoms. The lowest BCUT2D eigenvalue weighted by molar-refractivity contribution is 0.517. The van der Waals surface area contributed by atoms with Crippen LogP contribution in [0.4, 0.5) is 17.1 Å². The Labute approximate surface area is 296 Å². The highest BCUT2D eigenvalue weighted by atomic mass is 16.3. The van der Waals surface area contributed by atoms with Crippen LogP contribution in [0.5, 0.6) is 0 Å². The smallest absolute Gasteiger partial charge is 0.143 e. The minimum Gasteiger partial charge on any atom is -0.460 e. The van der Waals surface area contributed by atoms with Crippen molar-refractivity contribution in [1.29, 1.82) is 0 Å². The van der Waals surface area contributed by atoms with Crippen LogP contribution in [0.2, 0.25) is 0 Å². The van der Waals surface area contributed by atoms with Crippen LogP contribution in [0.15, 0.2) is 185 Å². The summed E-state index contributed by atoms with van der Waals surface area (Å²) in [6, 6.07) is 60.2. The number of furan rings is 2. The average Bonchev–Trinajstić information content (AvgIpc) is 3.78. The summed E-state index contributed by atoms with van der Waals surface area (Å²) in [7, 11) is 0. The molecule has 1 atom stereocenters. The number of rotatable bonds is 6. The van der Waals surface area contributed by atoms with E-state index in [0.29, 0.717) is 0 Å². The van der Waals surface area contributed by atoms with Gasteiger partial charge < -0.3 is 13.7 Å². The van der Waals surface area contributed by atoms with Crippen LogP contribution in [-0.4, -0.2) is 0 Å². The third-order valence-corrected chi connectivity index (χ3v) is 10.3. The van der Waals surface area contributed by atoms with Gasteiger partial charge in [0.25, 0.3) is 0 Å². The zero-order valence-corrected chi connectivity index (χ0v) is 27.9. The molecule has 242 valence electrons. The maximum absolute atomic E-state index is 6.44.